The molecule has 1 aliphatic rings. The molecule has 21 heavy (non-hydrogen) atoms. The van der Waals surface area contributed by atoms with Gasteiger partial charge in [0.25, 0.3) is 0 Å². The molecule has 0 radical (unpaired) electrons. The monoisotopic (exact) mass is 302 g/mol. The SMILES string of the molecule is COCCN(C(=O)N1C[C@@H](C)[C@H](C(=O)O)C1)C(C)COC. The number of hydrogen-bond acceptors (Lipinski definition) is 4. The second-order valence-electron chi connectivity index (χ2n) is 5.60. The van der Waals surface area contributed by atoms with Crippen molar-refractivity contribution in [3.05, 3.63) is 0 Å². The molecule has 7 nitrogen and oxygen atoms in total. The van der Waals surface area contributed by atoms with Crippen LogP contribution in [0.3, 0.4) is 0 Å². The van der Waals surface area contributed by atoms with E-state index in [-0.39, 0.29) is 24.5 Å². The van der Waals surface area contributed by atoms with E-state index < -0.39 is 11.9 Å². The molecular weight excluding hydrogens is 276 g/mol. The quantitative estimate of drug-likeness (QED) is 0.750. The molecule has 122 valence electrons. The number of urea groups is 1. The van der Waals surface area contributed by atoms with Crippen molar-refractivity contribution in [2.24, 2.45) is 11.8 Å². The number of amides is 2. The Morgan fingerprint density at radius 2 is 2.00 bits per heavy atom. The Bertz CT molecular complexity index is 363. The summed E-state index contributed by atoms with van der Waals surface area (Å²) >= 11 is 0. The highest BCUT2D eigenvalue weighted by Crippen LogP contribution is 2.24. The third-order valence-corrected chi connectivity index (χ3v) is 3.92. The highest BCUT2D eigenvalue weighted by molar-refractivity contribution is 5.78. The molecule has 1 rings (SSSR count). The average Bonchev–Trinajstić information content (AvgIpc) is 2.81. The van der Waals surface area contributed by atoms with Crippen LogP contribution < -0.4 is 0 Å². The zero-order chi connectivity index (χ0) is 16.0. The van der Waals surface area contributed by atoms with E-state index in [2.05, 4.69) is 0 Å². The van der Waals surface area contributed by atoms with Crippen LogP contribution in [-0.4, -0.2) is 80.0 Å². The van der Waals surface area contributed by atoms with Crippen molar-refractivity contribution in [3.8, 4) is 0 Å². The smallest absolute Gasteiger partial charge is 0.320 e. The van der Waals surface area contributed by atoms with Gasteiger partial charge in [0.15, 0.2) is 0 Å². The third kappa shape index (κ3) is 4.57. The first-order valence-corrected chi connectivity index (χ1v) is 7.18. The summed E-state index contributed by atoms with van der Waals surface area (Å²) in [5, 5.41) is 9.17. The lowest BCUT2D eigenvalue weighted by Gasteiger charge is -2.32. The average molecular weight is 302 g/mol. The van der Waals surface area contributed by atoms with Crippen LogP contribution in [0.5, 0.6) is 0 Å². The molecule has 1 unspecified atom stereocenters. The molecule has 1 N–H and O–H groups in total. The Labute approximate surface area is 125 Å². The summed E-state index contributed by atoms with van der Waals surface area (Å²) < 4.78 is 10.2. The van der Waals surface area contributed by atoms with E-state index in [1.54, 1.807) is 24.0 Å². The number of carboxylic acid groups (broad SMARTS) is 1. The lowest BCUT2D eigenvalue weighted by atomic mass is 9.99. The van der Waals surface area contributed by atoms with E-state index in [0.29, 0.717) is 26.3 Å². The Balaban J connectivity index is 2.73. The number of carbonyl (C=O) groups is 2. The standard InChI is InChI=1S/C14H26N2O5/c1-10-7-15(8-12(10)13(17)18)14(19)16(5-6-20-3)11(2)9-21-4/h10-12H,5-9H2,1-4H3,(H,17,18)/t10-,11?,12-/m1/s1. The van der Waals surface area contributed by atoms with E-state index >= 15 is 0 Å². The number of nitrogens with zero attached hydrogens (tertiary/aromatic N) is 2. The molecule has 1 saturated heterocycles. The zero-order valence-electron chi connectivity index (χ0n) is 13.2. The van der Waals surface area contributed by atoms with Crippen molar-refractivity contribution >= 4 is 12.0 Å². The molecule has 1 heterocycles. The maximum atomic E-state index is 12.6. The van der Waals surface area contributed by atoms with Gasteiger partial charge in [0.05, 0.1) is 25.2 Å². The van der Waals surface area contributed by atoms with Gasteiger partial charge in [0, 0.05) is 33.9 Å². The Morgan fingerprint density at radius 1 is 1.33 bits per heavy atom. The molecule has 0 aliphatic carbocycles. The number of aliphatic carboxylic acids is 1. The van der Waals surface area contributed by atoms with Crippen molar-refractivity contribution in [2.75, 3.05) is 47.1 Å². The van der Waals surface area contributed by atoms with Crippen molar-refractivity contribution in [2.45, 2.75) is 19.9 Å². The van der Waals surface area contributed by atoms with Gasteiger partial charge in [-0.15, -0.1) is 0 Å². The van der Waals surface area contributed by atoms with Gasteiger partial charge in [-0.3, -0.25) is 4.79 Å². The minimum Gasteiger partial charge on any atom is -0.481 e. The van der Waals surface area contributed by atoms with Crippen LogP contribution in [0.4, 0.5) is 4.79 Å². The summed E-state index contributed by atoms with van der Waals surface area (Å²) in [6.07, 6.45) is 0. The van der Waals surface area contributed by atoms with Crippen LogP contribution >= 0.6 is 0 Å². The highest BCUT2D eigenvalue weighted by atomic mass is 16.5. The summed E-state index contributed by atoms with van der Waals surface area (Å²) in [4.78, 5) is 27.1. The number of carboxylic acids is 1. The number of methoxy groups -OCH3 is 2. The molecule has 0 bridgehead atoms. The minimum atomic E-state index is -0.841. The predicted octanol–water partition coefficient (Wildman–Crippen LogP) is 0.742. The van der Waals surface area contributed by atoms with Gasteiger partial charge in [-0.05, 0) is 12.8 Å². The lowest BCUT2D eigenvalue weighted by molar-refractivity contribution is -0.142. The first-order valence-electron chi connectivity index (χ1n) is 7.18. The van der Waals surface area contributed by atoms with Crippen molar-refractivity contribution in [1.82, 2.24) is 9.80 Å². The second kappa shape index (κ2) is 8.19. The minimum absolute atomic E-state index is 0.0338. The Morgan fingerprint density at radius 3 is 2.48 bits per heavy atom. The number of hydrogen-bond donors (Lipinski definition) is 1. The summed E-state index contributed by atoms with van der Waals surface area (Å²) in [5.41, 5.74) is 0. The van der Waals surface area contributed by atoms with Crippen LogP contribution in [0.2, 0.25) is 0 Å². The van der Waals surface area contributed by atoms with Crippen molar-refractivity contribution in [1.29, 1.82) is 0 Å². The van der Waals surface area contributed by atoms with E-state index in [1.807, 2.05) is 13.8 Å². The molecule has 1 aliphatic heterocycles. The predicted molar refractivity (Wildman–Crippen MR) is 77.2 cm³/mol. The molecule has 0 aromatic rings. The first kappa shape index (κ1) is 17.7. The van der Waals surface area contributed by atoms with E-state index in [4.69, 9.17) is 14.6 Å². The van der Waals surface area contributed by atoms with Crippen molar-refractivity contribution < 1.29 is 24.2 Å². The van der Waals surface area contributed by atoms with E-state index in [1.165, 1.54) is 0 Å². The fraction of sp³-hybridized carbons (Fsp3) is 0.857. The fourth-order valence-electron chi connectivity index (χ4n) is 2.65. The van der Waals surface area contributed by atoms with Crippen LogP contribution in [0.25, 0.3) is 0 Å². The molecule has 3 atom stereocenters. The number of likely N-dealkylation sites (tertiary alicyclic amines) is 1. The topological polar surface area (TPSA) is 79.3 Å². The zero-order valence-corrected chi connectivity index (χ0v) is 13.2. The van der Waals surface area contributed by atoms with Gasteiger partial charge in [-0.25, -0.2) is 4.79 Å². The fourth-order valence-corrected chi connectivity index (χ4v) is 2.65. The van der Waals surface area contributed by atoms with Gasteiger partial charge in [0.2, 0.25) is 0 Å². The van der Waals surface area contributed by atoms with E-state index in [0.717, 1.165) is 0 Å². The summed E-state index contributed by atoms with van der Waals surface area (Å²) in [6, 6.07) is -0.232. The molecule has 0 saturated carbocycles. The van der Waals surface area contributed by atoms with Crippen LogP contribution in [0.15, 0.2) is 0 Å². The number of ether oxygens (including phenoxy) is 2. The Kier molecular flexibility index (Phi) is 6.91. The van der Waals surface area contributed by atoms with Gasteiger partial charge < -0.3 is 24.4 Å². The second-order valence-corrected chi connectivity index (χ2v) is 5.60. The van der Waals surface area contributed by atoms with Gasteiger partial charge in [-0.2, -0.15) is 0 Å². The molecule has 2 amide bonds. The van der Waals surface area contributed by atoms with Crippen LogP contribution in [-0.2, 0) is 14.3 Å². The van der Waals surface area contributed by atoms with Crippen LogP contribution in [0.1, 0.15) is 13.8 Å². The van der Waals surface area contributed by atoms with Gasteiger partial charge >= 0.3 is 12.0 Å². The Hall–Kier alpha value is -1.34. The highest BCUT2D eigenvalue weighted by Gasteiger charge is 2.39. The molecule has 7 heteroatoms. The normalized spacial score (nSPS) is 23.1. The summed E-state index contributed by atoms with van der Waals surface area (Å²) in [6.45, 7) is 5.84. The summed E-state index contributed by atoms with van der Waals surface area (Å²) in [7, 11) is 3.18. The maximum Gasteiger partial charge on any atom is 0.320 e. The molecule has 1 fully saturated rings. The number of carbonyl (C=O) groups excluding carboxylic acids is 1. The third-order valence-electron chi connectivity index (χ3n) is 3.92. The first-order chi connectivity index (χ1) is 9.92. The maximum absolute atomic E-state index is 12.6. The molecule has 0 aromatic heterocycles. The molecule has 0 aromatic carbocycles. The largest absolute Gasteiger partial charge is 0.481 e. The molecule has 0 spiro atoms. The van der Waals surface area contributed by atoms with Crippen molar-refractivity contribution in [3.63, 3.8) is 0 Å². The summed E-state index contributed by atoms with van der Waals surface area (Å²) in [5.74, 6) is -1.37. The molecular formula is C14H26N2O5. The van der Waals surface area contributed by atoms with Crippen LogP contribution in [0, 0.1) is 11.8 Å². The van der Waals surface area contributed by atoms with E-state index in [9.17, 15) is 9.59 Å². The van der Waals surface area contributed by atoms with Gasteiger partial charge in [-0.1, -0.05) is 6.92 Å². The van der Waals surface area contributed by atoms with Gasteiger partial charge in [0.1, 0.15) is 0 Å². The number of rotatable bonds is 7. The lowest BCUT2D eigenvalue weighted by Crippen LogP contribution is -2.49.